The number of rotatable bonds is 15. The van der Waals surface area contributed by atoms with Gasteiger partial charge >= 0.3 is 0 Å². The van der Waals surface area contributed by atoms with Gasteiger partial charge in [0.1, 0.15) is 51.8 Å². The molecule has 3 aromatic carbocycles. The van der Waals surface area contributed by atoms with E-state index in [1.54, 1.807) is 108 Å². The number of piperazine rings is 3. The summed E-state index contributed by atoms with van der Waals surface area (Å²) in [7, 11) is 0. The number of halogens is 15. The van der Waals surface area contributed by atoms with Gasteiger partial charge in [-0.2, -0.15) is 29.0 Å². The second-order valence-corrected chi connectivity index (χ2v) is 34.8. The standard InChI is InChI=1S/3C32H27ClF4N6O3/c3*1-6-20(44)42-10-9-41(13-16(42)5)29-17-11-19(33)27(21-22(34)23(35)24(36)25(37)30(21)45)40-31(17)43(32(46)18(29)12-38)28-15(4)7-8-39-26(28)14(2)3/h3*6-8,11,14,16,45H,1,9-10,13H2,2-5H3/t3*16-/m111/s1. The zero-order valence-corrected chi connectivity index (χ0v) is 77.7. The van der Waals surface area contributed by atoms with Crippen LogP contribution in [-0.2, 0) is 14.4 Å². The second-order valence-electron chi connectivity index (χ2n) is 33.6. The summed E-state index contributed by atoms with van der Waals surface area (Å²) in [6.07, 6.45) is 8.19. The molecular formula is C96H81Cl3F12N18O9. The van der Waals surface area contributed by atoms with Gasteiger partial charge < -0.3 is 44.7 Å². The largest absolute Gasteiger partial charge is 0.504 e. The van der Waals surface area contributed by atoms with Crippen LogP contribution in [0.3, 0.4) is 0 Å². The van der Waals surface area contributed by atoms with Gasteiger partial charge in [-0.15, -0.1) is 0 Å². The average Bonchev–Trinajstić information content (AvgIpc) is 0.726. The van der Waals surface area contributed by atoms with E-state index in [1.165, 1.54) is 36.4 Å². The maximum Gasteiger partial charge on any atom is 0.276 e. The van der Waals surface area contributed by atoms with Crippen LogP contribution >= 0.6 is 34.8 Å². The van der Waals surface area contributed by atoms with Crippen molar-refractivity contribution in [2.45, 2.75) is 119 Å². The molecule has 0 radical (unpaired) electrons. The van der Waals surface area contributed by atoms with Crippen LogP contribution in [-0.4, -0.2) is 168 Å². The number of aromatic hydroxyl groups is 3. The molecule has 3 aliphatic heterocycles. The van der Waals surface area contributed by atoms with Crippen LogP contribution < -0.4 is 31.4 Å². The third-order valence-corrected chi connectivity index (χ3v) is 24.8. The molecular weight excluding hydrogens is 1880 g/mol. The molecule has 3 fully saturated rings. The van der Waals surface area contributed by atoms with Crippen LogP contribution in [0.4, 0.5) is 69.7 Å². The SMILES string of the molecule is C=CC(=O)N1CCN(c2c(C#N)c(=O)n(-c3c(C)ccnc3C(C)C)c3nc(-c4c(O)c(F)c(F)c(F)c4F)c(Cl)cc23)C[C@H]1C.C=CC(=O)N1CCN(c2c(C#N)c(=O)n(-c3c(C)ccnc3C(C)C)c3nc(-c4c(O)c(F)c(F)c(F)c4F)c(Cl)cc23)C[C@H]1C.C=CC(=O)N1CCN(c2c(C#N)c(=O)n(-c3c(C)ccnc3C(C)C)c3nc(-c4c(O)c(F)c(F)c(F)c4F)c(Cl)cc23)C[C@H]1C. The van der Waals surface area contributed by atoms with Crippen LogP contribution in [0.1, 0.15) is 131 Å². The summed E-state index contributed by atoms with van der Waals surface area (Å²) in [4.78, 5) is 117. The van der Waals surface area contributed by atoms with Crippen molar-refractivity contribution in [2.75, 3.05) is 73.6 Å². The minimum absolute atomic E-state index is 0.117. The lowest BCUT2D eigenvalue weighted by Gasteiger charge is -2.41. The van der Waals surface area contributed by atoms with Gasteiger partial charge in [-0.25, -0.2) is 54.5 Å². The van der Waals surface area contributed by atoms with E-state index in [9.17, 15) is 99.4 Å². The summed E-state index contributed by atoms with van der Waals surface area (Å²) >= 11 is 19.7. The fraction of sp³-hybridized carbons (Fsp3) is 0.281. The first-order valence-electron chi connectivity index (χ1n) is 42.4. The van der Waals surface area contributed by atoms with Crippen molar-refractivity contribution in [3.8, 4) is 86.3 Å². The Morgan fingerprint density at radius 1 is 0.391 bits per heavy atom. The van der Waals surface area contributed by atoms with Crippen LogP contribution in [0.5, 0.6) is 17.2 Å². The maximum atomic E-state index is 15.2. The minimum atomic E-state index is -2.23. The molecule has 3 saturated heterocycles. The predicted octanol–water partition coefficient (Wildman–Crippen LogP) is 17.7. The highest BCUT2D eigenvalue weighted by molar-refractivity contribution is 6.35. The number of pyridine rings is 9. The van der Waals surface area contributed by atoms with Crippen molar-refractivity contribution < 1.29 is 82.4 Å². The van der Waals surface area contributed by atoms with Crippen molar-refractivity contribution >= 4 is 103 Å². The molecule has 714 valence electrons. The fourth-order valence-electron chi connectivity index (χ4n) is 17.4. The van der Waals surface area contributed by atoms with E-state index in [0.717, 1.165) is 13.7 Å². The first-order valence-corrected chi connectivity index (χ1v) is 43.5. The van der Waals surface area contributed by atoms with E-state index in [0.29, 0.717) is 33.8 Å². The number of carbonyl (C=O) groups is 3. The Balaban J connectivity index is 0.000000175. The van der Waals surface area contributed by atoms with E-state index in [2.05, 4.69) is 49.6 Å². The lowest BCUT2D eigenvalue weighted by molar-refractivity contribution is -0.129. The van der Waals surface area contributed by atoms with Gasteiger partial charge in [-0.05, 0) is 131 Å². The Bertz CT molecular complexity index is 6790. The number of nitrogens with zero attached hydrogens (tertiary/aromatic N) is 18. The molecule has 3 amide bonds. The monoisotopic (exact) mass is 1960 g/mol. The lowest BCUT2D eigenvalue weighted by atomic mass is 10.0. The molecule has 12 aromatic rings. The molecule has 0 saturated carbocycles. The molecule has 0 bridgehead atoms. The Hall–Kier alpha value is -14.9. The maximum absolute atomic E-state index is 15.2. The molecule has 15 rings (SSSR count). The first kappa shape index (κ1) is 101. The number of aromatic nitrogens is 9. The number of carbonyl (C=O) groups excluding carboxylic acids is 3. The minimum Gasteiger partial charge on any atom is -0.504 e. The number of hydrogen-bond acceptors (Lipinski definition) is 21. The normalized spacial score (nSPS) is 15.0. The van der Waals surface area contributed by atoms with E-state index in [4.69, 9.17) is 34.8 Å². The quantitative estimate of drug-likeness (QED) is 0.0371. The topological polar surface area (TPSA) is 346 Å². The summed E-state index contributed by atoms with van der Waals surface area (Å²) in [6, 6.07) is 13.4. The second kappa shape index (κ2) is 39.4. The van der Waals surface area contributed by atoms with Crippen molar-refractivity contribution in [1.29, 1.82) is 15.8 Å². The number of amides is 3. The Labute approximate surface area is 793 Å². The molecule has 0 unspecified atom stereocenters. The third kappa shape index (κ3) is 17.3. The van der Waals surface area contributed by atoms with Gasteiger partial charge in [0.05, 0.1) is 100 Å². The first-order chi connectivity index (χ1) is 65.2. The van der Waals surface area contributed by atoms with Gasteiger partial charge in [0, 0.05) is 112 Å². The number of nitriles is 3. The summed E-state index contributed by atoms with van der Waals surface area (Å²) in [5.74, 6) is -31.7. The van der Waals surface area contributed by atoms with Gasteiger partial charge in [0.2, 0.25) is 52.6 Å². The number of aryl methyl sites for hydroxylation is 3. The molecule has 42 heteroatoms. The average molecular weight is 1970 g/mol. The van der Waals surface area contributed by atoms with E-state index < -0.39 is 153 Å². The lowest BCUT2D eigenvalue weighted by Crippen LogP contribution is -2.54. The van der Waals surface area contributed by atoms with Crippen molar-refractivity contribution in [3.05, 3.63) is 259 Å². The zero-order valence-electron chi connectivity index (χ0n) is 75.4. The highest BCUT2D eigenvalue weighted by Gasteiger charge is 2.41. The molecule has 138 heavy (non-hydrogen) atoms. The molecule has 3 N–H and O–H groups in total. The summed E-state index contributed by atoms with van der Waals surface area (Å²) in [5.41, 5.74) is -5.45. The van der Waals surface area contributed by atoms with E-state index in [1.807, 2.05) is 59.8 Å². The number of phenols is 3. The number of benzene rings is 3. The van der Waals surface area contributed by atoms with Crippen molar-refractivity contribution in [1.82, 2.24) is 58.3 Å². The van der Waals surface area contributed by atoms with Crippen LogP contribution in [0.15, 0.2) is 107 Å². The third-order valence-electron chi connectivity index (χ3n) is 24.0. The molecule has 27 nitrogen and oxygen atoms in total. The molecule has 0 aliphatic carbocycles. The van der Waals surface area contributed by atoms with E-state index in [-0.39, 0.29) is 196 Å². The van der Waals surface area contributed by atoms with Crippen molar-refractivity contribution in [3.63, 3.8) is 0 Å². The Kier molecular flexibility index (Phi) is 28.7. The van der Waals surface area contributed by atoms with Gasteiger partial charge in [-0.3, -0.25) is 57.4 Å². The molecule has 3 aliphatic rings. The molecule has 12 heterocycles. The highest BCUT2D eigenvalue weighted by atomic mass is 35.5. The summed E-state index contributed by atoms with van der Waals surface area (Å²) in [5, 5.41) is 61.4. The number of phenolic OH excluding ortho intramolecular Hbond substituents is 3. The highest BCUT2D eigenvalue weighted by Crippen LogP contribution is 2.49. The van der Waals surface area contributed by atoms with Crippen molar-refractivity contribution in [2.24, 2.45) is 0 Å². The van der Waals surface area contributed by atoms with Crippen LogP contribution in [0, 0.1) is 125 Å². The number of fused-ring (bicyclic) bond motifs is 3. The van der Waals surface area contributed by atoms with Gasteiger partial charge in [-0.1, -0.05) is 96.1 Å². The molecule has 0 spiro atoms. The summed E-state index contributed by atoms with van der Waals surface area (Å²) in [6.45, 7) is 33.8. The van der Waals surface area contributed by atoms with Gasteiger partial charge in [0.25, 0.3) is 16.7 Å². The Morgan fingerprint density at radius 3 is 0.819 bits per heavy atom. The zero-order chi connectivity index (χ0) is 101. The van der Waals surface area contributed by atoms with Crippen LogP contribution in [0.2, 0.25) is 15.1 Å². The smallest absolute Gasteiger partial charge is 0.276 e. The molecule has 3 atom stereocenters. The van der Waals surface area contributed by atoms with E-state index >= 15 is 13.2 Å². The number of hydrogen-bond donors (Lipinski definition) is 3. The van der Waals surface area contributed by atoms with Gasteiger partial charge in [0.15, 0.2) is 52.2 Å². The summed E-state index contributed by atoms with van der Waals surface area (Å²) < 4.78 is 177. The molecule has 9 aromatic heterocycles. The Morgan fingerprint density at radius 2 is 0.616 bits per heavy atom. The fourth-order valence-corrected chi connectivity index (χ4v) is 18.2. The predicted molar refractivity (Wildman–Crippen MR) is 493 cm³/mol. The number of anilines is 3. The van der Waals surface area contributed by atoms with Crippen LogP contribution in [0.25, 0.3) is 83.9 Å².